The zero-order chi connectivity index (χ0) is 22.8. The molecule has 0 bridgehead atoms. The van der Waals surface area contributed by atoms with Gasteiger partial charge in [-0.25, -0.2) is 9.97 Å². The van der Waals surface area contributed by atoms with E-state index in [0.29, 0.717) is 11.6 Å². The summed E-state index contributed by atoms with van der Waals surface area (Å²) in [5.74, 6) is 1.05. The molecule has 0 saturated heterocycles. The van der Waals surface area contributed by atoms with Gasteiger partial charge < -0.3 is 9.47 Å². The van der Waals surface area contributed by atoms with Gasteiger partial charge in [0.25, 0.3) is 0 Å². The smallest absolute Gasteiger partial charge is 0.489 e. The Morgan fingerprint density at radius 2 is 1.38 bits per heavy atom. The Balaban J connectivity index is 1.48. The molecule has 0 amide bonds. The summed E-state index contributed by atoms with van der Waals surface area (Å²) >= 11 is 0. The van der Waals surface area contributed by atoms with Crippen LogP contribution in [0.25, 0.3) is 11.4 Å². The van der Waals surface area contributed by atoms with Crippen molar-refractivity contribution in [1.29, 1.82) is 0 Å². The van der Waals surface area contributed by atoms with E-state index in [0.717, 1.165) is 29.5 Å². The van der Waals surface area contributed by atoms with Gasteiger partial charge in [0.15, 0.2) is 5.82 Å². The molecule has 170 valence electrons. The van der Waals surface area contributed by atoms with Gasteiger partial charge in [-0.05, 0) is 60.4 Å². The van der Waals surface area contributed by atoms with Crippen molar-refractivity contribution in [2.45, 2.75) is 58.4 Å². The predicted molar refractivity (Wildman–Crippen MR) is 117 cm³/mol. The molecule has 0 fully saturated rings. The highest BCUT2D eigenvalue weighted by Gasteiger charge is 2.30. The second-order valence-electron chi connectivity index (χ2n) is 7.58. The molecular formula is C25H27F3N2O2. The van der Waals surface area contributed by atoms with Crippen LogP contribution in [0.2, 0.25) is 0 Å². The Hall–Kier alpha value is -3.09. The molecule has 2 aromatic carbocycles. The lowest BCUT2D eigenvalue weighted by Crippen LogP contribution is -2.17. The third-order valence-corrected chi connectivity index (χ3v) is 4.95. The second-order valence-corrected chi connectivity index (χ2v) is 7.58. The van der Waals surface area contributed by atoms with Crippen LogP contribution in [0.5, 0.6) is 11.5 Å². The van der Waals surface area contributed by atoms with Crippen molar-refractivity contribution >= 4 is 0 Å². The fourth-order valence-corrected chi connectivity index (χ4v) is 3.22. The van der Waals surface area contributed by atoms with Gasteiger partial charge in [0, 0.05) is 18.0 Å². The first-order valence-electron chi connectivity index (χ1n) is 10.8. The Bertz CT molecular complexity index is 941. The van der Waals surface area contributed by atoms with Crippen molar-refractivity contribution in [2.75, 3.05) is 0 Å². The SMILES string of the molecule is CCCCCCCc1cnc(-c2ccc(OCc3ccc(OC(F)(F)F)cc3)cc2)nc1. The normalized spacial score (nSPS) is 11.4. The highest BCUT2D eigenvalue weighted by molar-refractivity contribution is 5.55. The predicted octanol–water partition coefficient (Wildman–Crippen LogP) is 7.13. The molecule has 1 aromatic heterocycles. The highest BCUT2D eigenvalue weighted by atomic mass is 19.4. The molecule has 1 heterocycles. The molecule has 7 heteroatoms. The van der Waals surface area contributed by atoms with E-state index >= 15 is 0 Å². The lowest BCUT2D eigenvalue weighted by Gasteiger charge is -2.10. The number of aromatic nitrogens is 2. The van der Waals surface area contributed by atoms with Crippen LogP contribution >= 0.6 is 0 Å². The van der Waals surface area contributed by atoms with Crippen molar-refractivity contribution in [3.05, 3.63) is 72.1 Å². The van der Waals surface area contributed by atoms with Crippen LogP contribution in [0.3, 0.4) is 0 Å². The van der Waals surface area contributed by atoms with E-state index in [1.807, 2.05) is 36.7 Å². The quantitative estimate of drug-likeness (QED) is 0.295. The molecule has 0 radical (unpaired) electrons. The standard InChI is InChI=1S/C25H27F3N2O2/c1-2-3-4-5-6-7-20-16-29-24(30-17-20)21-10-14-22(15-11-21)31-18-19-8-12-23(13-9-19)32-25(26,27)28/h8-17H,2-7,18H2,1H3. The summed E-state index contributed by atoms with van der Waals surface area (Å²) in [4.78, 5) is 8.95. The van der Waals surface area contributed by atoms with Crippen LogP contribution in [0.15, 0.2) is 60.9 Å². The molecule has 0 N–H and O–H groups in total. The van der Waals surface area contributed by atoms with Crippen molar-refractivity contribution in [1.82, 2.24) is 9.97 Å². The number of ether oxygens (including phenoxy) is 2. The summed E-state index contributed by atoms with van der Waals surface area (Å²) in [7, 11) is 0. The molecule has 32 heavy (non-hydrogen) atoms. The van der Waals surface area contributed by atoms with Gasteiger partial charge in [0.1, 0.15) is 18.1 Å². The van der Waals surface area contributed by atoms with Gasteiger partial charge in [0.2, 0.25) is 0 Å². The molecule has 0 spiro atoms. The number of nitrogens with zero attached hydrogens (tertiary/aromatic N) is 2. The van der Waals surface area contributed by atoms with Crippen molar-refractivity contribution < 1.29 is 22.6 Å². The number of halogens is 3. The Morgan fingerprint density at radius 3 is 2.00 bits per heavy atom. The van der Waals surface area contributed by atoms with Crippen molar-refractivity contribution in [3.8, 4) is 22.9 Å². The monoisotopic (exact) mass is 444 g/mol. The average molecular weight is 444 g/mol. The van der Waals surface area contributed by atoms with E-state index in [9.17, 15) is 13.2 Å². The van der Waals surface area contributed by atoms with Gasteiger partial charge in [-0.2, -0.15) is 0 Å². The maximum atomic E-state index is 12.2. The van der Waals surface area contributed by atoms with Crippen LogP contribution in [-0.4, -0.2) is 16.3 Å². The van der Waals surface area contributed by atoms with E-state index in [-0.39, 0.29) is 12.4 Å². The van der Waals surface area contributed by atoms with E-state index in [4.69, 9.17) is 4.74 Å². The summed E-state index contributed by atoms with van der Waals surface area (Å²) in [6.45, 7) is 2.44. The topological polar surface area (TPSA) is 44.2 Å². The van der Waals surface area contributed by atoms with Crippen LogP contribution in [0.1, 0.15) is 50.2 Å². The second kappa shape index (κ2) is 11.5. The summed E-state index contributed by atoms with van der Waals surface area (Å²) < 4.78 is 46.2. The zero-order valence-corrected chi connectivity index (χ0v) is 18.1. The maximum absolute atomic E-state index is 12.2. The number of alkyl halides is 3. The first-order chi connectivity index (χ1) is 15.4. The molecule has 0 atom stereocenters. The number of unbranched alkanes of at least 4 members (excludes halogenated alkanes) is 4. The molecule has 3 rings (SSSR count). The molecular weight excluding hydrogens is 417 g/mol. The minimum Gasteiger partial charge on any atom is -0.489 e. The number of benzene rings is 2. The Labute approximate surface area is 186 Å². The van der Waals surface area contributed by atoms with E-state index in [1.54, 1.807) is 0 Å². The van der Waals surface area contributed by atoms with E-state index in [2.05, 4.69) is 21.6 Å². The van der Waals surface area contributed by atoms with Gasteiger partial charge >= 0.3 is 6.36 Å². The molecule has 0 aliphatic heterocycles. The van der Waals surface area contributed by atoms with Crippen molar-refractivity contribution in [2.24, 2.45) is 0 Å². The maximum Gasteiger partial charge on any atom is 0.573 e. The minimum absolute atomic E-state index is 0.231. The van der Waals surface area contributed by atoms with Crippen LogP contribution in [0, 0.1) is 0 Å². The highest BCUT2D eigenvalue weighted by Crippen LogP contribution is 2.24. The summed E-state index contributed by atoms with van der Waals surface area (Å²) in [6, 6.07) is 13.0. The first kappa shape index (κ1) is 23.6. The molecule has 4 nitrogen and oxygen atoms in total. The number of hydrogen-bond acceptors (Lipinski definition) is 4. The number of rotatable bonds is 11. The Kier molecular flexibility index (Phi) is 8.48. The lowest BCUT2D eigenvalue weighted by atomic mass is 10.1. The third kappa shape index (κ3) is 7.87. The minimum atomic E-state index is -4.70. The van der Waals surface area contributed by atoms with Gasteiger partial charge in [-0.15, -0.1) is 13.2 Å². The Morgan fingerprint density at radius 1 is 0.750 bits per heavy atom. The van der Waals surface area contributed by atoms with E-state index in [1.165, 1.54) is 49.9 Å². The van der Waals surface area contributed by atoms with Gasteiger partial charge in [0.05, 0.1) is 0 Å². The van der Waals surface area contributed by atoms with Crippen LogP contribution in [-0.2, 0) is 13.0 Å². The third-order valence-electron chi connectivity index (χ3n) is 4.95. The fourth-order valence-electron chi connectivity index (χ4n) is 3.22. The average Bonchev–Trinajstić information content (AvgIpc) is 2.78. The molecule has 0 aliphatic rings. The first-order valence-corrected chi connectivity index (χ1v) is 10.8. The number of aryl methyl sites for hydroxylation is 1. The molecule has 0 aliphatic carbocycles. The zero-order valence-electron chi connectivity index (χ0n) is 18.1. The van der Waals surface area contributed by atoms with Gasteiger partial charge in [-0.1, -0.05) is 44.7 Å². The summed E-state index contributed by atoms with van der Waals surface area (Å²) in [5, 5.41) is 0. The molecule has 3 aromatic rings. The fraction of sp³-hybridized carbons (Fsp3) is 0.360. The lowest BCUT2D eigenvalue weighted by molar-refractivity contribution is -0.274. The number of hydrogen-bond donors (Lipinski definition) is 0. The largest absolute Gasteiger partial charge is 0.573 e. The van der Waals surface area contributed by atoms with Crippen molar-refractivity contribution in [3.63, 3.8) is 0 Å². The van der Waals surface area contributed by atoms with E-state index < -0.39 is 6.36 Å². The summed E-state index contributed by atoms with van der Waals surface area (Å²) in [6.07, 6.45) is 6.29. The van der Waals surface area contributed by atoms with Crippen LogP contribution in [0.4, 0.5) is 13.2 Å². The molecule has 0 saturated carbocycles. The van der Waals surface area contributed by atoms with Crippen LogP contribution < -0.4 is 9.47 Å². The summed E-state index contributed by atoms with van der Waals surface area (Å²) in [5.41, 5.74) is 2.77. The van der Waals surface area contributed by atoms with Gasteiger partial charge in [-0.3, -0.25) is 0 Å². The molecule has 0 unspecified atom stereocenters.